The molecule has 1 heterocycles. The molecule has 0 fully saturated rings. The summed E-state index contributed by atoms with van der Waals surface area (Å²) in [6.07, 6.45) is -4.71. The molecule has 26 heavy (non-hydrogen) atoms. The van der Waals surface area contributed by atoms with Crippen molar-refractivity contribution in [3.05, 3.63) is 48.3 Å². The van der Waals surface area contributed by atoms with E-state index in [-0.39, 0.29) is 11.1 Å². The number of carbonyl (C=O) groups excluding carboxylic acids is 1. The highest BCUT2D eigenvalue weighted by Crippen LogP contribution is 2.30. The number of amides is 1. The van der Waals surface area contributed by atoms with Gasteiger partial charge in [0.2, 0.25) is 11.1 Å². The molecule has 1 atom stereocenters. The van der Waals surface area contributed by atoms with E-state index in [1.165, 1.54) is 0 Å². The van der Waals surface area contributed by atoms with Crippen LogP contribution in [0.2, 0.25) is 0 Å². The second-order valence-corrected chi connectivity index (χ2v) is 6.76. The molecular weight excluding hydrogens is 367 g/mol. The van der Waals surface area contributed by atoms with E-state index < -0.39 is 17.3 Å². The van der Waals surface area contributed by atoms with Gasteiger partial charge in [-0.15, -0.1) is 10.2 Å². The summed E-state index contributed by atoms with van der Waals surface area (Å²) in [5, 5.41) is 10.1. The van der Waals surface area contributed by atoms with Crippen molar-refractivity contribution in [3.63, 3.8) is 0 Å². The Morgan fingerprint density at radius 3 is 2.58 bits per heavy atom. The molecule has 136 valence electrons. The van der Waals surface area contributed by atoms with E-state index in [2.05, 4.69) is 15.5 Å². The number of nitrogen functional groups attached to an aromatic ring is 1. The number of nitrogens with zero attached hydrogens (tertiary/aromatic N) is 3. The van der Waals surface area contributed by atoms with Crippen LogP contribution in [0.15, 0.2) is 47.6 Å². The quantitative estimate of drug-likeness (QED) is 0.535. The molecule has 0 bridgehead atoms. The van der Waals surface area contributed by atoms with Crippen LogP contribution >= 0.6 is 11.8 Å². The van der Waals surface area contributed by atoms with Gasteiger partial charge in [0, 0.05) is 11.1 Å². The number of benzene rings is 2. The normalized spacial score (nSPS) is 12.9. The average Bonchev–Trinajstić information content (AvgIpc) is 2.96. The fraction of sp³-hybridized carbons (Fsp3) is 0.188. The summed E-state index contributed by atoms with van der Waals surface area (Å²) in [7, 11) is 0. The Balaban J connectivity index is 1.75. The van der Waals surface area contributed by atoms with Crippen molar-refractivity contribution >= 4 is 34.1 Å². The summed E-state index contributed by atoms with van der Waals surface area (Å²) in [6, 6.07) is 13.0. The first-order valence-corrected chi connectivity index (χ1v) is 8.38. The number of halogens is 3. The van der Waals surface area contributed by atoms with Crippen molar-refractivity contribution in [2.24, 2.45) is 0 Å². The van der Waals surface area contributed by atoms with Gasteiger partial charge in [0.05, 0.1) is 5.25 Å². The molecule has 3 aromatic rings. The molecular formula is C16H14F3N5OS. The average molecular weight is 381 g/mol. The van der Waals surface area contributed by atoms with Gasteiger partial charge in [0.25, 0.3) is 5.82 Å². The van der Waals surface area contributed by atoms with Crippen LogP contribution in [0, 0.1) is 0 Å². The number of hydrogen-bond donors (Lipinski definition) is 2. The van der Waals surface area contributed by atoms with Crippen molar-refractivity contribution in [3.8, 4) is 0 Å². The summed E-state index contributed by atoms with van der Waals surface area (Å²) in [6.45, 7) is 1.55. The van der Waals surface area contributed by atoms with Crippen LogP contribution in [0.25, 0.3) is 10.8 Å². The zero-order valence-electron chi connectivity index (χ0n) is 13.5. The minimum atomic E-state index is -4.71. The third-order valence-electron chi connectivity index (χ3n) is 3.62. The minimum Gasteiger partial charge on any atom is -0.335 e. The Morgan fingerprint density at radius 2 is 1.88 bits per heavy atom. The molecule has 1 aromatic heterocycles. The summed E-state index contributed by atoms with van der Waals surface area (Å²) < 4.78 is 38.4. The maximum absolute atomic E-state index is 12.7. The third-order valence-corrected chi connectivity index (χ3v) is 4.67. The van der Waals surface area contributed by atoms with Crippen LogP contribution in [0.3, 0.4) is 0 Å². The van der Waals surface area contributed by atoms with E-state index in [1.54, 1.807) is 13.0 Å². The standard InChI is InChI=1S/C16H14F3N5OS/c1-9(26-15-23-22-14(24(15)20)16(17,18)19)13(25)21-12-8-4-6-10-5-2-3-7-11(10)12/h2-9H,20H2,1H3,(H,21,25)/t9-/m0/s1. The first-order chi connectivity index (χ1) is 12.3. The van der Waals surface area contributed by atoms with E-state index in [0.717, 1.165) is 22.5 Å². The van der Waals surface area contributed by atoms with Gasteiger partial charge in [0.15, 0.2) is 0 Å². The molecule has 1 amide bonds. The number of alkyl halides is 3. The Morgan fingerprint density at radius 1 is 1.19 bits per heavy atom. The van der Waals surface area contributed by atoms with Crippen LogP contribution < -0.4 is 11.2 Å². The molecule has 3 N–H and O–H groups in total. The number of rotatable bonds is 4. The van der Waals surface area contributed by atoms with Gasteiger partial charge in [-0.1, -0.05) is 48.2 Å². The second-order valence-electron chi connectivity index (χ2n) is 5.45. The number of anilines is 1. The molecule has 3 rings (SSSR count). The molecule has 0 aliphatic carbocycles. The molecule has 0 unspecified atom stereocenters. The highest BCUT2D eigenvalue weighted by Gasteiger charge is 2.38. The lowest BCUT2D eigenvalue weighted by Gasteiger charge is -2.13. The van der Waals surface area contributed by atoms with E-state index in [0.29, 0.717) is 10.4 Å². The number of thioether (sulfide) groups is 1. The maximum atomic E-state index is 12.7. The van der Waals surface area contributed by atoms with Crippen molar-refractivity contribution in [2.75, 3.05) is 11.2 Å². The summed E-state index contributed by atoms with van der Waals surface area (Å²) >= 11 is 0.792. The number of nitrogens with one attached hydrogen (secondary N) is 1. The molecule has 0 aliphatic heterocycles. The van der Waals surface area contributed by atoms with E-state index in [1.807, 2.05) is 36.4 Å². The molecule has 0 radical (unpaired) electrons. The topological polar surface area (TPSA) is 85.8 Å². The van der Waals surface area contributed by atoms with Gasteiger partial charge >= 0.3 is 6.18 Å². The molecule has 0 spiro atoms. The largest absolute Gasteiger partial charge is 0.453 e. The van der Waals surface area contributed by atoms with E-state index >= 15 is 0 Å². The Labute approximate surface area is 150 Å². The number of aromatic nitrogens is 3. The molecule has 0 aliphatic rings. The lowest BCUT2D eigenvalue weighted by Crippen LogP contribution is -2.25. The van der Waals surface area contributed by atoms with Crippen molar-refractivity contribution in [2.45, 2.75) is 23.5 Å². The summed E-state index contributed by atoms with van der Waals surface area (Å²) in [5.74, 6) is 3.68. The third kappa shape index (κ3) is 3.59. The smallest absolute Gasteiger partial charge is 0.335 e. The van der Waals surface area contributed by atoms with Crippen molar-refractivity contribution in [1.82, 2.24) is 14.9 Å². The predicted octanol–water partition coefficient (Wildman–Crippen LogP) is 3.28. The van der Waals surface area contributed by atoms with Crippen molar-refractivity contribution < 1.29 is 18.0 Å². The van der Waals surface area contributed by atoms with E-state index in [4.69, 9.17) is 5.84 Å². The minimum absolute atomic E-state index is 0.196. The van der Waals surface area contributed by atoms with Gasteiger partial charge in [0.1, 0.15) is 0 Å². The predicted molar refractivity (Wildman–Crippen MR) is 93.1 cm³/mol. The monoisotopic (exact) mass is 381 g/mol. The van der Waals surface area contributed by atoms with Crippen LogP contribution in [0.5, 0.6) is 0 Å². The molecule has 0 saturated carbocycles. The van der Waals surface area contributed by atoms with Gasteiger partial charge in [-0.25, -0.2) is 4.68 Å². The number of nitrogens with two attached hydrogens (primary N) is 1. The summed E-state index contributed by atoms with van der Waals surface area (Å²) in [4.78, 5) is 12.4. The van der Waals surface area contributed by atoms with Gasteiger partial charge in [-0.2, -0.15) is 13.2 Å². The highest BCUT2D eigenvalue weighted by atomic mass is 32.2. The molecule has 6 nitrogen and oxygen atoms in total. The summed E-state index contributed by atoms with van der Waals surface area (Å²) in [5.41, 5.74) is 0.616. The second kappa shape index (κ2) is 6.87. The van der Waals surface area contributed by atoms with E-state index in [9.17, 15) is 18.0 Å². The first-order valence-electron chi connectivity index (χ1n) is 7.50. The van der Waals surface area contributed by atoms with Crippen LogP contribution in [-0.2, 0) is 11.0 Å². The van der Waals surface area contributed by atoms with Crippen LogP contribution in [-0.4, -0.2) is 26.0 Å². The molecule has 2 aromatic carbocycles. The maximum Gasteiger partial charge on any atom is 0.453 e. The lowest BCUT2D eigenvalue weighted by atomic mass is 10.1. The lowest BCUT2D eigenvalue weighted by molar-refractivity contribution is -0.146. The van der Waals surface area contributed by atoms with Crippen LogP contribution in [0.4, 0.5) is 18.9 Å². The molecule has 10 heteroatoms. The Bertz CT molecular complexity index is 951. The SMILES string of the molecule is C[C@H](Sc1nnc(C(F)(F)F)n1N)C(=O)Nc1cccc2ccccc12. The van der Waals surface area contributed by atoms with Gasteiger partial charge in [-0.3, -0.25) is 4.79 Å². The van der Waals surface area contributed by atoms with Crippen molar-refractivity contribution in [1.29, 1.82) is 0 Å². The number of fused-ring (bicyclic) bond motifs is 1. The van der Waals surface area contributed by atoms with Crippen LogP contribution in [0.1, 0.15) is 12.7 Å². The van der Waals surface area contributed by atoms with Gasteiger partial charge in [-0.05, 0) is 18.4 Å². The number of hydrogen-bond acceptors (Lipinski definition) is 5. The molecule has 0 saturated heterocycles. The first kappa shape index (κ1) is 18.1. The fourth-order valence-electron chi connectivity index (χ4n) is 2.33. The van der Waals surface area contributed by atoms with Gasteiger partial charge < -0.3 is 11.2 Å². The Hall–Kier alpha value is -2.75. The Kier molecular flexibility index (Phi) is 4.77. The highest BCUT2D eigenvalue weighted by molar-refractivity contribution is 8.00. The fourth-order valence-corrected chi connectivity index (χ4v) is 3.10. The zero-order chi connectivity index (χ0) is 18.9. The number of carbonyl (C=O) groups is 1. The zero-order valence-corrected chi connectivity index (χ0v) is 14.3.